The largest absolute Gasteiger partial charge is 1.00 e. The smallest absolute Gasteiger partial charge is 0.183 e. The summed E-state index contributed by atoms with van der Waals surface area (Å²) in [5.74, 6) is -0.0521. The quantitative estimate of drug-likeness (QED) is 0.487. The molecule has 2 rings (SSSR count). The predicted molar refractivity (Wildman–Crippen MR) is 58.9 cm³/mol. The Morgan fingerprint density at radius 2 is 1.88 bits per heavy atom. The zero-order valence-corrected chi connectivity index (χ0v) is 11.1. The van der Waals surface area contributed by atoms with Crippen molar-refractivity contribution < 1.29 is 31.8 Å². The third-order valence-corrected chi connectivity index (χ3v) is 3.02. The number of benzene rings is 1. The summed E-state index contributed by atoms with van der Waals surface area (Å²) in [6.45, 7) is 3.07. The molecule has 0 spiro atoms. The Morgan fingerprint density at radius 1 is 1.25 bits per heavy atom. The van der Waals surface area contributed by atoms with Crippen molar-refractivity contribution >= 4 is 5.71 Å². The highest BCUT2D eigenvalue weighted by molar-refractivity contribution is 5.99. The van der Waals surface area contributed by atoms with Gasteiger partial charge in [0.15, 0.2) is 17.2 Å². The number of phenols is 2. The fourth-order valence-corrected chi connectivity index (χ4v) is 2.18. The average Bonchev–Trinajstić information content (AvgIpc) is 2.21. The van der Waals surface area contributed by atoms with Crippen LogP contribution in [-0.2, 0) is 6.42 Å². The molecule has 1 aromatic rings. The minimum absolute atomic E-state index is 0. The lowest BCUT2D eigenvalue weighted by molar-refractivity contribution is -0.499. The van der Waals surface area contributed by atoms with Crippen LogP contribution in [0.3, 0.4) is 0 Å². The van der Waals surface area contributed by atoms with E-state index in [1.165, 1.54) is 5.71 Å². The maximum atomic E-state index is 9.49. The molecule has 0 saturated carbocycles. The van der Waals surface area contributed by atoms with Gasteiger partial charge in [-0.15, -0.1) is 0 Å². The molecule has 16 heavy (non-hydrogen) atoms. The number of nitrogens with zero attached hydrogens (tertiary/aromatic N) is 1. The minimum Gasteiger partial charge on any atom is -1.00 e. The monoisotopic (exact) mass is 285 g/mol. The standard InChI is InChI=1S/C12H15NO2.BrH/c1-3-10-9-7-12(15)11(14)6-8(9)4-5-13(10)2;/h6-7,15H,3-5H2,1-2H3;1H. The third-order valence-electron chi connectivity index (χ3n) is 3.02. The minimum atomic E-state index is -0.0324. The van der Waals surface area contributed by atoms with E-state index in [0.29, 0.717) is 0 Å². The first-order valence-electron chi connectivity index (χ1n) is 5.25. The van der Waals surface area contributed by atoms with Gasteiger partial charge in [-0.2, -0.15) is 0 Å². The number of aromatic hydroxyl groups is 2. The van der Waals surface area contributed by atoms with Crippen molar-refractivity contribution in [3.05, 3.63) is 23.3 Å². The van der Waals surface area contributed by atoms with Crippen molar-refractivity contribution in [1.82, 2.24) is 0 Å². The first-order chi connectivity index (χ1) is 7.13. The van der Waals surface area contributed by atoms with Crippen molar-refractivity contribution in [2.45, 2.75) is 19.8 Å². The topological polar surface area (TPSA) is 43.5 Å². The van der Waals surface area contributed by atoms with Gasteiger partial charge in [0, 0.05) is 18.4 Å². The van der Waals surface area contributed by atoms with Gasteiger partial charge in [0.25, 0.3) is 0 Å². The lowest BCUT2D eigenvalue weighted by Crippen LogP contribution is -3.00. The molecule has 1 heterocycles. The number of rotatable bonds is 1. The summed E-state index contributed by atoms with van der Waals surface area (Å²) in [5, 5.41) is 18.9. The Bertz CT molecular complexity index is 441. The van der Waals surface area contributed by atoms with E-state index in [9.17, 15) is 10.2 Å². The molecule has 3 nitrogen and oxygen atoms in total. The first-order valence-corrected chi connectivity index (χ1v) is 5.25. The third kappa shape index (κ3) is 2.07. The number of halogens is 1. The molecule has 88 valence electrons. The Kier molecular flexibility index (Phi) is 3.97. The molecule has 1 aromatic carbocycles. The number of hydrogen-bond donors (Lipinski definition) is 2. The van der Waals surface area contributed by atoms with Crippen LogP contribution < -0.4 is 17.0 Å². The molecule has 0 radical (unpaired) electrons. The van der Waals surface area contributed by atoms with Crippen LogP contribution in [0, 0.1) is 0 Å². The van der Waals surface area contributed by atoms with Gasteiger partial charge in [0.1, 0.15) is 13.6 Å². The molecule has 2 N–H and O–H groups in total. The molecule has 0 aromatic heterocycles. The second-order valence-electron chi connectivity index (χ2n) is 3.97. The highest BCUT2D eigenvalue weighted by Crippen LogP contribution is 2.30. The van der Waals surface area contributed by atoms with Crippen molar-refractivity contribution in [2.75, 3.05) is 13.6 Å². The second kappa shape index (κ2) is 4.87. The lowest BCUT2D eigenvalue weighted by atomic mass is 9.95. The van der Waals surface area contributed by atoms with Crippen LogP contribution in [0.1, 0.15) is 24.5 Å². The summed E-state index contributed by atoms with van der Waals surface area (Å²) in [6, 6.07) is 3.34. The zero-order valence-electron chi connectivity index (χ0n) is 9.50. The average molecular weight is 286 g/mol. The molecule has 0 saturated heterocycles. The fraction of sp³-hybridized carbons (Fsp3) is 0.417. The Labute approximate surface area is 106 Å². The van der Waals surface area contributed by atoms with Crippen LogP contribution in [-0.4, -0.2) is 34.1 Å². The van der Waals surface area contributed by atoms with E-state index in [4.69, 9.17) is 0 Å². The van der Waals surface area contributed by atoms with Crippen molar-refractivity contribution in [3.63, 3.8) is 0 Å². The van der Waals surface area contributed by atoms with Gasteiger partial charge in [-0.05, 0) is 17.7 Å². The van der Waals surface area contributed by atoms with E-state index in [1.807, 2.05) is 0 Å². The lowest BCUT2D eigenvalue weighted by Gasteiger charge is -2.16. The fourth-order valence-electron chi connectivity index (χ4n) is 2.18. The van der Waals surface area contributed by atoms with Gasteiger partial charge in [-0.3, -0.25) is 0 Å². The molecule has 0 bridgehead atoms. The van der Waals surface area contributed by atoms with Crippen molar-refractivity contribution in [1.29, 1.82) is 0 Å². The van der Waals surface area contributed by atoms with Crippen LogP contribution in [0.2, 0.25) is 0 Å². The van der Waals surface area contributed by atoms with E-state index >= 15 is 0 Å². The van der Waals surface area contributed by atoms with Gasteiger partial charge in [-0.1, -0.05) is 6.92 Å². The molecule has 0 atom stereocenters. The maximum absolute atomic E-state index is 9.49. The summed E-state index contributed by atoms with van der Waals surface area (Å²) in [5.41, 5.74) is 3.42. The van der Waals surface area contributed by atoms with E-state index < -0.39 is 0 Å². The Morgan fingerprint density at radius 3 is 2.50 bits per heavy atom. The number of likely N-dealkylation sites (N-methyl/N-ethyl adjacent to an activating group) is 1. The molecule has 1 aliphatic rings. The van der Waals surface area contributed by atoms with E-state index in [2.05, 4.69) is 18.5 Å². The van der Waals surface area contributed by atoms with Crippen LogP contribution in [0.4, 0.5) is 0 Å². The molecule has 0 fully saturated rings. The molecule has 1 aliphatic heterocycles. The van der Waals surface area contributed by atoms with Crippen LogP contribution >= 0.6 is 0 Å². The van der Waals surface area contributed by atoms with Gasteiger partial charge in [-0.25, -0.2) is 4.58 Å². The molecule has 4 heteroatoms. The van der Waals surface area contributed by atoms with E-state index in [-0.39, 0.29) is 28.5 Å². The van der Waals surface area contributed by atoms with Gasteiger partial charge < -0.3 is 27.2 Å². The Balaban J connectivity index is 0.00000128. The number of hydrogen-bond acceptors (Lipinski definition) is 2. The van der Waals surface area contributed by atoms with Crippen LogP contribution in [0.25, 0.3) is 0 Å². The first kappa shape index (κ1) is 13.0. The number of fused-ring (bicyclic) bond motifs is 1. The normalized spacial score (nSPS) is 14.4. The van der Waals surface area contributed by atoms with E-state index in [1.54, 1.807) is 12.1 Å². The van der Waals surface area contributed by atoms with Crippen molar-refractivity contribution in [2.24, 2.45) is 0 Å². The highest BCUT2D eigenvalue weighted by Gasteiger charge is 2.23. The summed E-state index contributed by atoms with van der Waals surface area (Å²) in [7, 11) is 2.06. The predicted octanol–water partition coefficient (Wildman–Crippen LogP) is -1.50. The van der Waals surface area contributed by atoms with Crippen LogP contribution in [0.5, 0.6) is 11.5 Å². The molecule has 0 amide bonds. The zero-order chi connectivity index (χ0) is 11.0. The van der Waals surface area contributed by atoms with Gasteiger partial charge in [0.05, 0.1) is 0 Å². The van der Waals surface area contributed by atoms with Crippen molar-refractivity contribution in [3.8, 4) is 11.5 Å². The maximum Gasteiger partial charge on any atom is 0.183 e. The SMILES string of the molecule is CCC1=[N+](C)CCc2cc(O)c(O)cc21.[Br-]. The van der Waals surface area contributed by atoms with E-state index in [0.717, 1.165) is 30.5 Å². The molecular formula is C12H16BrNO2. The molecule has 0 aliphatic carbocycles. The van der Waals surface area contributed by atoms with Gasteiger partial charge >= 0.3 is 0 Å². The molecule has 0 unspecified atom stereocenters. The Hall–Kier alpha value is -1.03. The molecular weight excluding hydrogens is 270 g/mol. The summed E-state index contributed by atoms with van der Waals surface area (Å²) in [6.07, 6.45) is 1.86. The second-order valence-corrected chi connectivity index (χ2v) is 3.97. The highest BCUT2D eigenvalue weighted by atomic mass is 79.9. The summed E-state index contributed by atoms with van der Waals surface area (Å²) in [4.78, 5) is 0. The summed E-state index contributed by atoms with van der Waals surface area (Å²) < 4.78 is 2.21. The van der Waals surface area contributed by atoms with Gasteiger partial charge in [0.2, 0.25) is 0 Å². The number of phenolic OH excluding ortho intramolecular Hbond substituents is 2. The summed E-state index contributed by atoms with van der Waals surface area (Å²) >= 11 is 0. The van der Waals surface area contributed by atoms with Crippen LogP contribution in [0.15, 0.2) is 12.1 Å².